The highest BCUT2D eigenvalue weighted by molar-refractivity contribution is 5.76. The van der Waals surface area contributed by atoms with Crippen molar-refractivity contribution in [3.63, 3.8) is 0 Å². The summed E-state index contributed by atoms with van der Waals surface area (Å²) in [7, 11) is 0. The van der Waals surface area contributed by atoms with Gasteiger partial charge < -0.3 is 15.5 Å². The Balaban J connectivity index is 3.66. The highest BCUT2D eigenvalue weighted by Crippen LogP contribution is 2.20. The zero-order chi connectivity index (χ0) is 13.5. The lowest BCUT2D eigenvalue weighted by Gasteiger charge is -2.22. The van der Waals surface area contributed by atoms with Crippen molar-refractivity contribution in [2.24, 2.45) is 5.41 Å². The number of amides is 1. The van der Waals surface area contributed by atoms with Crippen molar-refractivity contribution >= 4 is 11.9 Å². The zero-order valence-corrected chi connectivity index (χ0v) is 10.8. The van der Waals surface area contributed by atoms with E-state index in [0.717, 1.165) is 0 Å². The van der Waals surface area contributed by atoms with Gasteiger partial charge in [0.1, 0.15) is 0 Å². The molecule has 5 nitrogen and oxygen atoms in total. The molecule has 1 atom stereocenters. The Morgan fingerprint density at radius 3 is 2.29 bits per heavy atom. The van der Waals surface area contributed by atoms with Crippen LogP contribution in [-0.4, -0.2) is 34.7 Å². The number of carboxylic acids is 1. The molecule has 0 spiro atoms. The molecule has 0 saturated heterocycles. The molecule has 100 valence electrons. The van der Waals surface area contributed by atoms with Crippen molar-refractivity contribution in [1.29, 1.82) is 0 Å². The number of hydrogen-bond donors (Lipinski definition) is 3. The van der Waals surface area contributed by atoms with Crippen LogP contribution in [0, 0.1) is 5.41 Å². The molecule has 17 heavy (non-hydrogen) atoms. The summed E-state index contributed by atoms with van der Waals surface area (Å²) in [6.45, 7) is 6.28. The van der Waals surface area contributed by atoms with E-state index in [1.54, 1.807) is 0 Å². The average molecular weight is 245 g/mol. The monoisotopic (exact) mass is 245 g/mol. The zero-order valence-electron chi connectivity index (χ0n) is 10.8. The molecule has 0 aliphatic heterocycles. The maximum atomic E-state index is 11.3. The topological polar surface area (TPSA) is 86.6 Å². The molecule has 0 aliphatic carbocycles. The average Bonchev–Trinajstić information content (AvgIpc) is 2.11. The van der Waals surface area contributed by atoms with Gasteiger partial charge in [0.15, 0.2) is 0 Å². The molecule has 0 aromatic rings. The van der Waals surface area contributed by atoms with Gasteiger partial charge in [-0.1, -0.05) is 20.8 Å². The second-order valence-electron chi connectivity index (χ2n) is 5.47. The lowest BCUT2D eigenvalue weighted by Crippen LogP contribution is -2.34. The van der Waals surface area contributed by atoms with Crippen LogP contribution in [0.5, 0.6) is 0 Å². The van der Waals surface area contributed by atoms with Crippen molar-refractivity contribution in [1.82, 2.24) is 5.32 Å². The summed E-state index contributed by atoms with van der Waals surface area (Å²) in [5, 5.41) is 20.6. The summed E-state index contributed by atoms with van der Waals surface area (Å²) in [5.41, 5.74) is 0.0213. The fraction of sp³-hybridized carbons (Fsp3) is 0.833. The first-order valence-electron chi connectivity index (χ1n) is 5.87. The van der Waals surface area contributed by atoms with Crippen molar-refractivity contribution in [2.75, 3.05) is 6.54 Å². The lowest BCUT2D eigenvalue weighted by atomic mass is 9.89. The highest BCUT2D eigenvalue weighted by atomic mass is 16.4. The van der Waals surface area contributed by atoms with Crippen LogP contribution in [0.25, 0.3) is 0 Å². The lowest BCUT2D eigenvalue weighted by molar-refractivity contribution is -0.137. The number of hydrogen-bond acceptors (Lipinski definition) is 3. The Hall–Kier alpha value is -1.10. The molecule has 0 rings (SSSR count). The Morgan fingerprint density at radius 1 is 1.24 bits per heavy atom. The minimum Gasteiger partial charge on any atom is -0.481 e. The molecule has 5 heteroatoms. The second kappa shape index (κ2) is 7.27. The van der Waals surface area contributed by atoms with Crippen LogP contribution in [0.2, 0.25) is 0 Å². The van der Waals surface area contributed by atoms with E-state index in [1.807, 2.05) is 20.8 Å². The van der Waals surface area contributed by atoms with Gasteiger partial charge in [0.2, 0.25) is 5.91 Å². The van der Waals surface area contributed by atoms with Gasteiger partial charge in [0.25, 0.3) is 0 Å². The Kier molecular flexibility index (Phi) is 6.80. The number of carbonyl (C=O) groups excluding carboxylic acids is 1. The minimum atomic E-state index is -0.898. The first-order chi connectivity index (χ1) is 7.70. The number of carbonyl (C=O) groups is 2. The van der Waals surface area contributed by atoms with E-state index in [9.17, 15) is 14.7 Å². The van der Waals surface area contributed by atoms with Crippen molar-refractivity contribution < 1.29 is 19.8 Å². The van der Waals surface area contributed by atoms with E-state index in [0.29, 0.717) is 12.8 Å². The molecular weight excluding hydrogens is 222 g/mol. The summed E-state index contributed by atoms with van der Waals surface area (Å²) in [6, 6.07) is 0. The molecule has 0 fully saturated rings. The quantitative estimate of drug-likeness (QED) is 0.628. The fourth-order valence-electron chi connectivity index (χ4n) is 1.50. The van der Waals surface area contributed by atoms with Gasteiger partial charge in [-0.2, -0.15) is 0 Å². The normalized spacial score (nSPS) is 13.2. The van der Waals surface area contributed by atoms with Crippen LogP contribution in [0.4, 0.5) is 0 Å². The van der Waals surface area contributed by atoms with Crippen molar-refractivity contribution in [2.45, 2.75) is 52.6 Å². The van der Waals surface area contributed by atoms with Crippen LogP contribution >= 0.6 is 0 Å². The molecule has 1 amide bonds. The van der Waals surface area contributed by atoms with E-state index in [2.05, 4.69) is 5.32 Å². The predicted molar refractivity (Wildman–Crippen MR) is 64.6 cm³/mol. The Bertz CT molecular complexity index is 258. The van der Waals surface area contributed by atoms with Gasteiger partial charge in [0.05, 0.1) is 6.10 Å². The minimum absolute atomic E-state index is 0.00202. The third kappa shape index (κ3) is 11.2. The van der Waals surface area contributed by atoms with E-state index >= 15 is 0 Å². The fourth-order valence-corrected chi connectivity index (χ4v) is 1.50. The molecule has 0 saturated carbocycles. The molecule has 0 aromatic heterocycles. The Morgan fingerprint density at radius 2 is 1.82 bits per heavy atom. The van der Waals surface area contributed by atoms with E-state index < -0.39 is 12.1 Å². The molecule has 3 N–H and O–H groups in total. The third-order valence-corrected chi connectivity index (χ3v) is 2.18. The molecule has 0 aliphatic rings. The van der Waals surface area contributed by atoms with Gasteiger partial charge in [-0.05, 0) is 18.3 Å². The molecular formula is C12H23NO4. The highest BCUT2D eigenvalue weighted by Gasteiger charge is 2.17. The standard InChI is InChI=1S/C12H23NO4/c1-12(2,3)7-9(14)8-13-10(15)5-4-6-11(16)17/h9,14H,4-8H2,1-3H3,(H,13,15)(H,16,17). The summed E-state index contributed by atoms with van der Waals surface area (Å²) >= 11 is 0. The summed E-state index contributed by atoms with van der Waals surface area (Å²) < 4.78 is 0. The van der Waals surface area contributed by atoms with E-state index in [-0.39, 0.29) is 30.7 Å². The summed E-state index contributed by atoms with van der Waals surface area (Å²) in [6.07, 6.45) is 0.573. The summed E-state index contributed by atoms with van der Waals surface area (Å²) in [4.78, 5) is 21.5. The first-order valence-corrected chi connectivity index (χ1v) is 5.87. The number of carboxylic acid groups (broad SMARTS) is 1. The van der Waals surface area contributed by atoms with Gasteiger partial charge in [-0.25, -0.2) is 0 Å². The van der Waals surface area contributed by atoms with Gasteiger partial charge in [0, 0.05) is 19.4 Å². The van der Waals surface area contributed by atoms with E-state index in [4.69, 9.17) is 5.11 Å². The van der Waals surface area contributed by atoms with E-state index in [1.165, 1.54) is 0 Å². The first kappa shape index (κ1) is 15.9. The predicted octanol–water partition coefficient (Wildman–Crippen LogP) is 1.15. The molecule has 0 radical (unpaired) electrons. The van der Waals surface area contributed by atoms with Crippen LogP contribution in [0.15, 0.2) is 0 Å². The largest absolute Gasteiger partial charge is 0.481 e. The summed E-state index contributed by atoms with van der Waals surface area (Å²) in [5.74, 6) is -1.11. The van der Waals surface area contributed by atoms with Gasteiger partial charge >= 0.3 is 5.97 Å². The maximum absolute atomic E-state index is 11.3. The van der Waals surface area contributed by atoms with Crippen LogP contribution in [0.3, 0.4) is 0 Å². The van der Waals surface area contributed by atoms with Crippen molar-refractivity contribution in [3.05, 3.63) is 0 Å². The molecule has 1 unspecified atom stereocenters. The maximum Gasteiger partial charge on any atom is 0.303 e. The van der Waals surface area contributed by atoms with Gasteiger partial charge in [-0.3, -0.25) is 9.59 Å². The van der Waals surface area contributed by atoms with Crippen molar-refractivity contribution in [3.8, 4) is 0 Å². The number of aliphatic hydroxyl groups is 1. The van der Waals surface area contributed by atoms with Crippen LogP contribution in [0.1, 0.15) is 46.5 Å². The third-order valence-electron chi connectivity index (χ3n) is 2.18. The smallest absolute Gasteiger partial charge is 0.303 e. The second-order valence-corrected chi connectivity index (χ2v) is 5.47. The molecule has 0 bridgehead atoms. The molecule has 0 aromatic carbocycles. The molecule has 0 heterocycles. The number of rotatable bonds is 7. The van der Waals surface area contributed by atoms with Crippen LogP contribution < -0.4 is 5.32 Å². The number of aliphatic hydroxyl groups excluding tert-OH is 1. The Labute approximate surface area is 102 Å². The van der Waals surface area contributed by atoms with Gasteiger partial charge in [-0.15, -0.1) is 0 Å². The number of aliphatic carboxylic acids is 1. The SMILES string of the molecule is CC(C)(C)CC(O)CNC(=O)CCCC(=O)O. The number of nitrogens with one attached hydrogen (secondary N) is 1. The van der Waals surface area contributed by atoms with Crippen LogP contribution in [-0.2, 0) is 9.59 Å².